The molecule has 4 rings (SSSR count). The number of nitrogens with zero attached hydrogens (tertiary/aromatic N) is 3. The zero-order chi connectivity index (χ0) is 18.9. The van der Waals surface area contributed by atoms with Gasteiger partial charge < -0.3 is 14.5 Å². The van der Waals surface area contributed by atoms with Crippen molar-refractivity contribution in [3.8, 4) is 0 Å². The Hall–Kier alpha value is -1.95. The third kappa shape index (κ3) is 3.86. The lowest BCUT2D eigenvalue weighted by molar-refractivity contribution is -0.133. The third-order valence-electron chi connectivity index (χ3n) is 6.49. The highest BCUT2D eigenvalue weighted by Gasteiger charge is 2.42. The second-order valence-corrected chi connectivity index (χ2v) is 8.34. The summed E-state index contributed by atoms with van der Waals surface area (Å²) >= 11 is 0. The van der Waals surface area contributed by atoms with E-state index in [1.165, 1.54) is 19.3 Å². The minimum absolute atomic E-state index is 0.0477. The molecule has 1 aromatic heterocycles. The van der Waals surface area contributed by atoms with E-state index in [1.807, 2.05) is 22.8 Å². The maximum atomic E-state index is 12.8. The first-order chi connectivity index (χ1) is 13.1. The number of aryl methyl sites for hydroxylation is 1. The Bertz CT molecular complexity index is 708. The molecule has 6 heteroatoms. The van der Waals surface area contributed by atoms with E-state index in [1.54, 1.807) is 12.4 Å². The van der Waals surface area contributed by atoms with Crippen molar-refractivity contribution in [1.82, 2.24) is 14.8 Å². The van der Waals surface area contributed by atoms with Gasteiger partial charge in [-0.05, 0) is 50.2 Å². The summed E-state index contributed by atoms with van der Waals surface area (Å²) in [6.07, 6.45) is 9.19. The predicted molar refractivity (Wildman–Crippen MR) is 101 cm³/mol. The molecule has 27 heavy (non-hydrogen) atoms. The lowest BCUT2D eigenvalue weighted by Crippen LogP contribution is -2.54. The van der Waals surface area contributed by atoms with Crippen LogP contribution in [0.5, 0.6) is 0 Å². The molecule has 3 fully saturated rings. The van der Waals surface area contributed by atoms with E-state index in [4.69, 9.17) is 4.74 Å². The van der Waals surface area contributed by atoms with Crippen molar-refractivity contribution < 1.29 is 14.3 Å². The summed E-state index contributed by atoms with van der Waals surface area (Å²) in [5.41, 5.74) is 1.34. The Labute approximate surface area is 160 Å². The highest BCUT2D eigenvalue weighted by atomic mass is 16.5. The van der Waals surface area contributed by atoms with Crippen LogP contribution in [-0.4, -0.2) is 65.0 Å². The number of likely N-dealkylation sites (tertiary alicyclic amines) is 1. The first-order valence-corrected chi connectivity index (χ1v) is 10.2. The van der Waals surface area contributed by atoms with Crippen molar-refractivity contribution in [3.63, 3.8) is 0 Å². The van der Waals surface area contributed by atoms with Crippen LogP contribution in [0.2, 0.25) is 0 Å². The number of aromatic nitrogens is 1. The molecule has 0 bridgehead atoms. The minimum Gasteiger partial charge on any atom is -0.372 e. The fourth-order valence-electron chi connectivity index (χ4n) is 4.43. The fourth-order valence-corrected chi connectivity index (χ4v) is 4.43. The summed E-state index contributed by atoms with van der Waals surface area (Å²) in [6.45, 7) is 5.32. The SMILES string of the molecule is Cc1ccncc1C(=O)N1CCC2(CC1)CN(CC1CCC1)C(=O)CCO2. The van der Waals surface area contributed by atoms with E-state index >= 15 is 0 Å². The number of piperidine rings is 1. The van der Waals surface area contributed by atoms with Gasteiger partial charge in [-0.1, -0.05) is 6.42 Å². The second kappa shape index (κ2) is 7.58. The maximum absolute atomic E-state index is 12.8. The molecule has 1 spiro atoms. The van der Waals surface area contributed by atoms with Crippen molar-refractivity contribution in [2.45, 2.75) is 51.0 Å². The largest absolute Gasteiger partial charge is 0.372 e. The van der Waals surface area contributed by atoms with Crippen LogP contribution in [0.1, 0.15) is 54.4 Å². The standard InChI is InChI=1S/C21H29N3O3/c1-16-5-9-22-13-18(16)20(26)23-10-7-21(8-11-23)15-24(14-17-3-2-4-17)19(25)6-12-27-21/h5,9,13,17H,2-4,6-8,10-12,14-15H2,1H3. The van der Waals surface area contributed by atoms with Crippen molar-refractivity contribution in [3.05, 3.63) is 29.6 Å². The van der Waals surface area contributed by atoms with E-state index in [2.05, 4.69) is 4.98 Å². The van der Waals surface area contributed by atoms with Gasteiger partial charge in [0.2, 0.25) is 5.91 Å². The molecule has 0 radical (unpaired) electrons. The van der Waals surface area contributed by atoms with Crippen molar-refractivity contribution in [2.24, 2.45) is 5.92 Å². The highest BCUT2D eigenvalue weighted by Crippen LogP contribution is 2.33. The third-order valence-corrected chi connectivity index (χ3v) is 6.49. The summed E-state index contributed by atoms with van der Waals surface area (Å²) in [7, 11) is 0. The van der Waals surface area contributed by atoms with Gasteiger partial charge in [0.1, 0.15) is 0 Å². The molecule has 2 saturated heterocycles. The van der Waals surface area contributed by atoms with Crippen LogP contribution in [0.3, 0.4) is 0 Å². The monoisotopic (exact) mass is 371 g/mol. The molecule has 3 heterocycles. The van der Waals surface area contributed by atoms with E-state index in [0.29, 0.717) is 44.1 Å². The summed E-state index contributed by atoms with van der Waals surface area (Å²) in [5, 5.41) is 0. The number of ether oxygens (including phenoxy) is 1. The van der Waals surface area contributed by atoms with Gasteiger partial charge in [0.05, 0.1) is 24.2 Å². The van der Waals surface area contributed by atoms with Crippen molar-refractivity contribution in [1.29, 1.82) is 0 Å². The molecule has 0 N–H and O–H groups in total. The molecule has 146 valence electrons. The van der Waals surface area contributed by atoms with E-state index in [0.717, 1.165) is 24.9 Å². The number of rotatable bonds is 3. The summed E-state index contributed by atoms with van der Waals surface area (Å²) in [6, 6.07) is 1.87. The second-order valence-electron chi connectivity index (χ2n) is 8.34. The Balaban J connectivity index is 1.41. The minimum atomic E-state index is -0.295. The number of carbonyl (C=O) groups is 2. The van der Waals surface area contributed by atoms with Crippen LogP contribution < -0.4 is 0 Å². The summed E-state index contributed by atoms with van der Waals surface area (Å²) < 4.78 is 6.21. The van der Waals surface area contributed by atoms with Gasteiger partial charge in [0.25, 0.3) is 5.91 Å². The van der Waals surface area contributed by atoms with Gasteiger partial charge in [-0.25, -0.2) is 0 Å². The Morgan fingerprint density at radius 3 is 2.78 bits per heavy atom. The Morgan fingerprint density at radius 2 is 2.11 bits per heavy atom. The van der Waals surface area contributed by atoms with Crippen LogP contribution in [0, 0.1) is 12.8 Å². The highest BCUT2D eigenvalue weighted by molar-refractivity contribution is 5.95. The molecule has 1 aliphatic carbocycles. The number of amides is 2. The van der Waals surface area contributed by atoms with Crippen LogP contribution in [-0.2, 0) is 9.53 Å². The number of carbonyl (C=O) groups excluding carboxylic acids is 2. The zero-order valence-corrected chi connectivity index (χ0v) is 16.2. The molecule has 2 amide bonds. The molecule has 2 aliphatic heterocycles. The molecule has 0 aromatic carbocycles. The van der Waals surface area contributed by atoms with Gasteiger partial charge in [-0.3, -0.25) is 14.6 Å². The molecule has 1 saturated carbocycles. The average molecular weight is 371 g/mol. The molecule has 0 unspecified atom stereocenters. The maximum Gasteiger partial charge on any atom is 0.255 e. The number of hydrogen-bond donors (Lipinski definition) is 0. The van der Waals surface area contributed by atoms with E-state index in [-0.39, 0.29) is 17.4 Å². The number of hydrogen-bond acceptors (Lipinski definition) is 4. The topological polar surface area (TPSA) is 62.7 Å². The van der Waals surface area contributed by atoms with Crippen LogP contribution in [0.25, 0.3) is 0 Å². The van der Waals surface area contributed by atoms with Crippen LogP contribution in [0.4, 0.5) is 0 Å². The van der Waals surface area contributed by atoms with Crippen LogP contribution >= 0.6 is 0 Å². The molecule has 3 aliphatic rings. The molecule has 6 nitrogen and oxygen atoms in total. The summed E-state index contributed by atoms with van der Waals surface area (Å²) in [4.78, 5) is 33.4. The van der Waals surface area contributed by atoms with E-state index in [9.17, 15) is 9.59 Å². The normalized spacial score (nSPS) is 23.2. The van der Waals surface area contributed by atoms with Gasteiger partial charge in [0, 0.05) is 38.6 Å². The fraction of sp³-hybridized carbons (Fsp3) is 0.667. The first-order valence-electron chi connectivity index (χ1n) is 10.2. The Morgan fingerprint density at radius 1 is 1.33 bits per heavy atom. The van der Waals surface area contributed by atoms with Gasteiger partial charge in [0.15, 0.2) is 0 Å². The lowest BCUT2D eigenvalue weighted by atomic mass is 9.84. The molecular weight excluding hydrogens is 342 g/mol. The molecule has 0 atom stereocenters. The van der Waals surface area contributed by atoms with Gasteiger partial charge >= 0.3 is 0 Å². The van der Waals surface area contributed by atoms with E-state index < -0.39 is 0 Å². The van der Waals surface area contributed by atoms with Gasteiger partial charge in [-0.2, -0.15) is 0 Å². The molecular formula is C21H29N3O3. The molecule has 1 aromatic rings. The lowest BCUT2D eigenvalue weighted by Gasteiger charge is -2.43. The summed E-state index contributed by atoms with van der Waals surface area (Å²) in [5.74, 6) is 0.939. The smallest absolute Gasteiger partial charge is 0.255 e. The predicted octanol–water partition coefficient (Wildman–Crippen LogP) is 2.41. The average Bonchev–Trinajstić information content (AvgIpc) is 2.78. The van der Waals surface area contributed by atoms with Gasteiger partial charge in [-0.15, -0.1) is 0 Å². The van der Waals surface area contributed by atoms with Crippen molar-refractivity contribution in [2.75, 3.05) is 32.8 Å². The number of pyridine rings is 1. The quantitative estimate of drug-likeness (QED) is 0.819. The van der Waals surface area contributed by atoms with Crippen molar-refractivity contribution >= 4 is 11.8 Å². The first kappa shape index (κ1) is 18.4. The van der Waals surface area contributed by atoms with Crippen LogP contribution in [0.15, 0.2) is 18.5 Å². The Kier molecular flexibility index (Phi) is 5.17. The zero-order valence-electron chi connectivity index (χ0n) is 16.2.